The molecule has 3 rings (SSSR count). The Hall–Kier alpha value is -1.81. The van der Waals surface area contributed by atoms with Gasteiger partial charge in [0.15, 0.2) is 0 Å². The Balaban J connectivity index is 0.00000300. The predicted octanol–water partition coefficient (Wildman–Crippen LogP) is 2.75. The number of aromatic hydroxyl groups is 1. The zero-order valence-corrected chi connectivity index (χ0v) is 19.1. The maximum Gasteiger partial charge on any atom is 0.229 e. The van der Waals surface area contributed by atoms with Crippen LogP contribution in [0, 0.1) is 0 Å². The van der Waals surface area contributed by atoms with Gasteiger partial charge in [-0.05, 0) is 38.4 Å². The number of hydrogen-bond acceptors (Lipinski definition) is 6. The normalized spacial score (nSPS) is 20.1. The molecule has 0 saturated carbocycles. The molecule has 2 aromatic carbocycles. The second-order valence-electron chi connectivity index (χ2n) is 7.60. The van der Waals surface area contributed by atoms with Gasteiger partial charge in [-0.2, -0.15) is 0 Å². The maximum atomic E-state index is 11.5. The summed E-state index contributed by atoms with van der Waals surface area (Å²) in [5, 5.41) is 24.4. The van der Waals surface area contributed by atoms with Crippen molar-refractivity contribution in [3.8, 4) is 11.5 Å². The van der Waals surface area contributed by atoms with Crippen LogP contribution in [0.15, 0.2) is 42.5 Å². The number of phenolic OH excluding ortho intramolecular Hbond substituents is 1. The average molecular weight is 487 g/mol. The summed E-state index contributed by atoms with van der Waals surface area (Å²) < 4.78 is 31.2. The first-order chi connectivity index (χ1) is 13.1. The number of hydrogen-bond donors (Lipinski definition) is 4. The first kappa shape index (κ1) is 23.5. The van der Waals surface area contributed by atoms with Crippen molar-refractivity contribution in [2.24, 2.45) is 0 Å². The number of fused-ring (bicyclic) bond motifs is 1. The van der Waals surface area contributed by atoms with E-state index in [0.717, 1.165) is 12.7 Å². The third-order valence-electron chi connectivity index (χ3n) is 4.78. The summed E-state index contributed by atoms with van der Waals surface area (Å²) in [6.07, 6.45) is 0.929. The van der Waals surface area contributed by atoms with Gasteiger partial charge in [0.2, 0.25) is 10.0 Å². The van der Waals surface area contributed by atoms with E-state index in [2.05, 4.69) is 10.0 Å². The van der Waals surface area contributed by atoms with Gasteiger partial charge in [-0.3, -0.25) is 4.72 Å². The van der Waals surface area contributed by atoms with Crippen molar-refractivity contribution >= 4 is 32.7 Å². The lowest BCUT2D eigenvalue weighted by Gasteiger charge is -2.42. The van der Waals surface area contributed by atoms with Crippen LogP contribution in [0.3, 0.4) is 0 Å². The van der Waals surface area contributed by atoms with Crippen LogP contribution in [0.5, 0.6) is 11.5 Å². The van der Waals surface area contributed by atoms with E-state index in [1.54, 1.807) is 13.8 Å². The molecule has 0 aliphatic carbocycles. The highest BCUT2D eigenvalue weighted by Crippen LogP contribution is 2.44. The lowest BCUT2D eigenvalue weighted by Crippen LogP contribution is -2.52. The van der Waals surface area contributed by atoms with Crippen molar-refractivity contribution in [1.29, 1.82) is 0 Å². The van der Waals surface area contributed by atoms with Crippen molar-refractivity contribution in [1.82, 2.24) is 5.32 Å². The van der Waals surface area contributed by atoms with Gasteiger partial charge >= 0.3 is 0 Å². The Morgan fingerprint density at radius 3 is 2.45 bits per heavy atom. The van der Waals surface area contributed by atoms with Gasteiger partial charge in [-0.15, -0.1) is 17.0 Å². The number of aliphatic hydroxyl groups excluding tert-OH is 1. The lowest BCUT2D eigenvalue weighted by atomic mass is 9.86. The number of anilines is 1. The van der Waals surface area contributed by atoms with Crippen molar-refractivity contribution < 1.29 is 23.4 Å². The first-order valence-electron chi connectivity index (χ1n) is 9.06. The largest absolute Gasteiger partial charge is 0.506 e. The topological polar surface area (TPSA) is 108 Å². The van der Waals surface area contributed by atoms with Gasteiger partial charge in [0.05, 0.1) is 18.0 Å². The summed E-state index contributed by atoms with van der Waals surface area (Å²) >= 11 is 0. The number of sulfonamides is 1. The van der Waals surface area contributed by atoms with Gasteiger partial charge in [0.25, 0.3) is 0 Å². The SMILES string of the molecule is Br.CC1(C)Oc2cc(NS(C)(=O)=O)c(O)cc2[C@H](NCCc2ccccc2)[C@H]1O. The second kappa shape index (κ2) is 8.91. The van der Waals surface area contributed by atoms with E-state index in [-0.39, 0.29) is 28.4 Å². The molecule has 29 heavy (non-hydrogen) atoms. The van der Waals surface area contributed by atoms with Crippen LogP contribution in [-0.4, -0.2) is 43.1 Å². The van der Waals surface area contributed by atoms with Crippen LogP contribution in [0.1, 0.15) is 31.0 Å². The zero-order valence-electron chi connectivity index (χ0n) is 16.5. The van der Waals surface area contributed by atoms with Crippen LogP contribution in [0.4, 0.5) is 5.69 Å². The Morgan fingerprint density at radius 1 is 1.17 bits per heavy atom. The molecule has 1 aliphatic rings. The smallest absolute Gasteiger partial charge is 0.229 e. The van der Waals surface area contributed by atoms with Crippen molar-refractivity contribution in [2.45, 2.75) is 38.0 Å². The lowest BCUT2D eigenvalue weighted by molar-refractivity contribution is -0.0644. The minimum atomic E-state index is -3.55. The summed E-state index contributed by atoms with van der Waals surface area (Å²) in [4.78, 5) is 0. The van der Waals surface area contributed by atoms with Crippen molar-refractivity contribution in [3.05, 3.63) is 53.6 Å². The summed E-state index contributed by atoms with van der Waals surface area (Å²) in [5.41, 5.74) is 0.899. The standard InChI is InChI=1S/C20H26N2O5S.BrH/c1-20(2)19(24)18(21-10-9-13-7-5-4-6-8-13)14-11-16(23)15(12-17(14)27-20)22-28(3,25)26;/h4-8,11-12,18-19,21-24H,9-10H2,1-3H3;1H/t18-,19+;/m0./s1. The molecule has 0 fully saturated rings. The molecule has 0 aromatic heterocycles. The summed E-state index contributed by atoms with van der Waals surface area (Å²) in [7, 11) is -3.55. The van der Waals surface area contributed by atoms with Crippen LogP contribution < -0.4 is 14.8 Å². The van der Waals surface area contributed by atoms with Gasteiger partial charge < -0.3 is 20.3 Å². The first-order valence-corrected chi connectivity index (χ1v) is 10.9. The highest BCUT2D eigenvalue weighted by Gasteiger charge is 2.43. The molecule has 0 saturated heterocycles. The van der Waals surface area contributed by atoms with E-state index in [1.807, 2.05) is 30.3 Å². The Kier molecular flexibility index (Phi) is 7.21. The van der Waals surface area contributed by atoms with E-state index in [9.17, 15) is 18.6 Å². The maximum absolute atomic E-state index is 11.5. The van der Waals surface area contributed by atoms with Crippen molar-refractivity contribution in [2.75, 3.05) is 17.5 Å². The molecule has 7 nitrogen and oxygen atoms in total. The molecule has 0 bridgehead atoms. The number of nitrogens with one attached hydrogen (secondary N) is 2. The van der Waals surface area contributed by atoms with Gasteiger partial charge in [-0.1, -0.05) is 30.3 Å². The molecular weight excluding hydrogens is 460 g/mol. The number of rotatable bonds is 6. The van der Waals surface area contributed by atoms with Gasteiger partial charge in [0, 0.05) is 11.6 Å². The highest BCUT2D eigenvalue weighted by atomic mass is 79.9. The quantitative estimate of drug-likeness (QED) is 0.467. The molecule has 0 amide bonds. The molecule has 2 atom stereocenters. The van der Waals surface area contributed by atoms with Crippen LogP contribution >= 0.6 is 17.0 Å². The molecule has 9 heteroatoms. The molecule has 4 N–H and O–H groups in total. The minimum Gasteiger partial charge on any atom is -0.506 e. The Morgan fingerprint density at radius 2 is 1.83 bits per heavy atom. The zero-order chi connectivity index (χ0) is 20.5. The summed E-state index contributed by atoms with van der Waals surface area (Å²) in [6, 6.07) is 12.4. The molecular formula is C20H27BrN2O5S. The predicted molar refractivity (Wildman–Crippen MR) is 118 cm³/mol. The van der Waals surface area contributed by atoms with Gasteiger partial charge in [0.1, 0.15) is 23.2 Å². The van der Waals surface area contributed by atoms with Crippen LogP contribution in [0.2, 0.25) is 0 Å². The van der Waals surface area contributed by atoms with E-state index in [4.69, 9.17) is 4.74 Å². The number of ether oxygens (including phenoxy) is 1. The van der Waals surface area contributed by atoms with E-state index in [0.29, 0.717) is 17.9 Å². The summed E-state index contributed by atoms with van der Waals surface area (Å²) in [6.45, 7) is 4.15. The molecule has 1 aliphatic heterocycles. The third kappa shape index (κ3) is 5.63. The molecule has 0 radical (unpaired) electrons. The van der Waals surface area contributed by atoms with Gasteiger partial charge in [-0.25, -0.2) is 8.42 Å². The average Bonchev–Trinajstić information content (AvgIpc) is 2.59. The fourth-order valence-corrected chi connectivity index (χ4v) is 3.91. The Labute approximate surface area is 181 Å². The third-order valence-corrected chi connectivity index (χ3v) is 5.37. The van der Waals surface area contributed by atoms with E-state index >= 15 is 0 Å². The molecule has 160 valence electrons. The van der Waals surface area contributed by atoms with Crippen LogP contribution in [-0.2, 0) is 16.4 Å². The fourth-order valence-electron chi connectivity index (χ4n) is 3.35. The molecule has 0 unspecified atom stereocenters. The van der Waals surface area contributed by atoms with Crippen LogP contribution in [0.25, 0.3) is 0 Å². The monoisotopic (exact) mass is 486 g/mol. The number of phenols is 1. The fraction of sp³-hybridized carbons (Fsp3) is 0.400. The molecule has 1 heterocycles. The summed E-state index contributed by atoms with van der Waals surface area (Å²) in [5.74, 6) is 0.186. The molecule has 0 spiro atoms. The molecule has 2 aromatic rings. The minimum absolute atomic E-state index is 0. The Bertz CT molecular complexity index is 951. The van der Waals surface area contributed by atoms with E-state index < -0.39 is 27.8 Å². The second-order valence-corrected chi connectivity index (χ2v) is 9.35. The number of aliphatic hydroxyl groups is 1. The van der Waals surface area contributed by atoms with E-state index in [1.165, 1.54) is 17.7 Å². The highest BCUT2D eigenvalue weighted by molar-refractivity contribution is 8.93. The van der Waals surface area contributed by atoms with Crippen molar-refractivity contribution in [3.63, 3.8) is 0 Å². The number of halogens is 1. The number of benzene rings is 2.